The molecule has 2 aliphatic rings. The van der Waals surface area contributed by atoms with Crippen molar-refractivity contribution >= 4 is 21.4 Å². The summed E-state index contributed by atoms with van der Waals surface area (Å²) in [5, 5.41) is 4.38. The second-order valence-electron chi connectivity index (χ2n) is 6.41. The van der Waals surface area contributed by atoms with E-state index < -0.39 is 10.0 Å². The van der Waals surface area contributed by atoms with Crippen LogP contribution in [0.15, 0.2) is 16.8 Å². The zero-order valence-corrected chi connectivity index (χ0v) is 14.2. The van der Waals surface area contributed by atoms with Crippen molar-refractivity contribution in [3.05, 3.63) is 22.4 Å². The molecule has 1 unspecified atom stereocenters. The first-order valence-corrected chi connectivity index (χ1v) is 10.5. The van der Waals surface area contributed by atoms with Gasteiger partial charge in [0.1, 0.15) is 0 Å². The Morgan fingerprint density at radius 1 is 1.19 bits per heavy atom. The number of rotatable bonds is 4. The largest absolute Gasteiger partial charge is 0.299 e. The Bertz CT molecular complexity index is 548. The van der Waals surface area contributed by atoms with Gasteiger partial charge in [-0.05, 0) is 60.0 Å². The lowest BCUT2D eigenvalue weighted by Gasteiger charge is -2.33. The van der Waals surface area contributed by atoms with E-state index in [0.717, 1.165) is 25.3 Å². The van der Waals surface area contributed by atoms with Crippen LogP contribution in [0.4, 0.5) is 0 Å². The van der Waals surface area contributed by atoms with E-state index in [4.69, 9.17) is 0 Å². The molecule has 2 fully saturated rings. The fraction of sp³-hybridized carbons (Fsp3) is 0.733. The topological polar surface area (TPSA) is 40.6 Å². The number of piperidine rings is 1. The monoisotopic (exact) mass is 328 g/mol. The predicted octanol–water partition coefficient (Wildman–Crippen LogP) is 2.24. The summed E-state index contributed by atoms with van der Waals surface area (Å²) in [7, 11) is -2.99. The molecule has 118 valence electrons. The van der Waals surface area contributed by atoms with Crippen LogP contribution < -0.4 is 0 Å². The van der Waals surface area contributed by atoms with Gasteiger partial charge >= 0.3 is 0 Å². The molecule has 0 aromatic carbocycles. The first-order valence-electron chi connectivity index (χ1n) is 7.71. The molecule has 0 spiro atoms. The molecule has 3 rings (SSSR count). The van der Waals surface area contributed by atoms with Crippen LogP contribution in [-0.2, 0) is 16.6 Å². The fourth-order valence-corrected chi connectivity index (χ4v) is 5.24. The summed E-state index contributed by atoms with van der Waals surface area (Å²) >= 11 is 1.77. The van der Waals surface area contributed by atoms with Gasteiger partial charge in [0, 0.05) is 26.2 Å². The number of nitrogens with zero attached hydrogens (tertiary/aromatic N) is 2. The van der Waals surface area contributed by atoms with Gasteiger partial charge in [0.05, 0.1) is 6.26 Å². The summed E-state index contributed by atoms with van der Waals surface area (Å²) in [4.78, 5) is 2.55. The summed E-state index contributed by atoms with van der Waals surface area (Å²) in [5.74, 6) is 1.46. The van der Waals surface area contributed by atoms with Gasteiger partial charge < -0.3 is 0 Å². The second kappa shape index (κ2) is 6.36. The predicted molar refractivity (Wildman–Crippen MR) is 86.8 cm³/mol. The Kier molecular flexibility index (Phi) is 4.69. The van der Waals surface area contributed by atoms with Gasteiger partial charge in [0.2, 0.25) is 10.0 Å². The van der Waals surface area contributed by atoms with E-state index in [1.54, 1.807) is 15.6 Å². The van der Waals surface area contributed by atoms with Gasteiger partial charge in [-0.3, -0.25) is 4.90 Å². The zero-order valence-electron chi connectivity index (χ0n) is 12.6. The van der Waals surface area contributed by atoms with Gasteiger partial charge in [0.15, 0.2) is 0 Å². The van der Waals surface area contributed by atoms with Gasteiger partial charge in [-0.2, -0.15) is 11.3 Å². The first kappa shape index (κ1) is 15.5. The van der Waals surface area contributed by atoms with Gasteiger partial charge in [-0.25, -0.2) is 12.7 Å². The smallest absolute Gasteiger partial charge is 0.211 e. The Hall–Kier alpha value is -0.430. The third-order valence-corrected chi connectivity index (χ3v) is 6.96. The molecule has 3 heterocycles. The van der Waals surface area contributed by atoms with Gasteiger partial charge in [-0.15, -0.1) is 0 Å². The lowest BCUT2D eigenvalue weighted by Crippen LogP contribution is -2.39. The molecule has 0 N–H and O–H groups in total. The summed E-state index contributed by atoms with van der Waals surface area (Å²) in [5.41, 5.74) is 1.42. The van der Waals surface area contributed by atoms with Crippen LogP contribution >= 0.6 is 11.3 Å². The quantitative estimate of drug-likeness (QED) is 0.851. The lowest BCUT2D eigenvalue weighted by atomic mass is 9.84. The SMILES string of the molecule is CS(=O)(=O)N1CCC(C2CCN(Cc3ccsc3)C2)CC1. The molecule has 4 nitrogen and oxygen atoms in total. The number of likely N-dealkylation sites (tertiary alicyclic amines) is 1. The third-order valence-electron chi connectivity index (χ3n) is 4.93. The van der Waals surface area contributed by atoms with Crippen LogP contribution in [0.2, 0.25) is 0 Å². The molecule has 21 heavy (non-hydrogen) atoms. The minimum atomic E-state index is -2.99. The summed E-state index contributed by atoms with van der Waals surface area (Å²) < 4.78 is 24.8. The normalized spacial score (nSPS) is 26.4. The molecule has 6 heteroatoms. The molecular weight excluding hydrogens is 304 g/mol. The highest BCUT2D eigenvalue weighted by atomic mass is 32.2. The van der Waals surface area contributed by atoms with E-state index in [0.29, 0.717) is 19.0 Å². The standard InChI is InChI=1S/C15H24N2O2S2/c1-21(18,19)17-7-3-14(4-8-17)15-2-6-16(11-15)10-13-5-9-20-12-13/h5,9,12,14-15H,2-4,6-8,10-11H2,1H3. The van der Waals surface area contributed by atoms with E-state index in [2.05, 4.69) is 21.7 Å². The molecule has 1 atom stereocenters. The van der Waals surface area contributed by atoms with E-state index in [1.165, 1.54) is 31.3 Å². The number of sulfonamides is 1. The number of thiophene rings is 1. The summed E-state index contributed by atoms with van der Waals surface area (Å²) in [6.45, 7) is 4.86. The number of hydrogen-bond acceptors (Lipinski definition) is 4. The van der Waals surface area contributed by atoms with Gasteiger partial charge in [0.25, 0.3) is 0 Å². The van der Waals surface area contributed by atoms with Crippen molar-refractivity contribution in [2.45, 2.75) is 25.8 Å². The zero-order chi connectivity index (χ0) is 14.9. The molecule has 0 aliphatic carbocycles. The second-order valence-corrected chi connectivity index (χ2v) is 9.18. The van der Waals surface area contributed by atoms with Gasteiger partial charge in [-0.1, -0.05) is 0 Å². The van der Waals surface area contributed by atoms with E-state index >= 15 is 0 Å². The molecule has 1 aromatic rings. The average molecular weight is 329 g/mol. The Labute approximate surface area is 131 Å². The molecule has 0 amide bonds. The van der Waals surface area contributed by atoms with Crippen LogP contribution in [0.25, 0.3) is 0 Å². The van der Waals surface area contributed by atoms with Crippen LogP contribution in [0.5, 0.6) is 0 Å². The van der Waals surface area contributed by atoms with Crippen molar-refractivity contribution < 1.29 is 8.42 Å². The average Bonchev–Trinajstić information content (AvgIpc) is 3.10. The fourth-order valence-electron chi connectivity index (χ4n) is 3.71. The Morgan fingerprint density at radius 3 is 2.52 bits per heavy atom. The van der Waals surface area contributed by atoms with E-state index in [1.807, 2.05) is 0 Å². The van der Waals surface area contributed by atoms with E-state index in [9.17, 15) is 8.42 Å². The lowest BCUT2D eigenvalue weighted by molar-refractivity contribution is 0.202. The molecule has 0 radical (unpaired) electrons. The van der Waals surface area contributed by atoms with E-state index in [-0.39, 0.29) is 0 Å². The highest BCUT2D eigenvalue weighted by Crippen LogP contribution is 2.33. The minimum Gasteiger partial charge on any atom is -0.299 e. The minimum absolute atomic E-state index is 0.704. The molecule has 0 bridgehead atoms. The van der Waals surface area contributed by atoms with Crippen LogP contribution in [-0.4, -0.2) is 50.1 Å². The Morgan fingerprint density at radius 2 is 1.90 bits per heavy atom. The number of hydrogen-bond donors (Lipinski definition) is 0. The highest BCUT2D eigenvalue weighted by Gasteiger charge is 2.33. The van der Waals surface area contributed by atoms with Crippen LogP contribution in [0.1, 0.15) is 24.8 Å². The van der Waals surface area contributed by atoms with Crippen molar-refractivity contribution in [3.63, 3.8) is 0 Å². The maximum absolute atomic E-state index is 11.6. The molecular formula is C15H24N2O2S2. The summed E-state index contributed by atoms with van der Waals surface area (Å²) in [6.07, 6.45) is 4.66. The maximum atomic E-state index is 11.6. The maximum Gasteiger partial charge on any atom is 0.211 e. The highest BCUT2D eigenvalue weighted by molar-refractivity contribution is 7.88. The Balaban J connectivity index is 1.49. The van der Waals surface area contributed by atoms with Crippen LogP contribution in [0, 0.1) is 11.8 Å². The first-order chi connectivity index (χ1) is 10.0. The van der Waals surface area contributed by atoms with Crippen LogP contribution in [0.3, 0.4) is 0 Å². The van der Waals surface area contributed by atoms with Crippen molar-refractivity contribution in [2.24, 2.45) is 11.8 Å². The molecule has 1 aromatic heterocycles. The van der Waals surface area contributed by atoms with Crippen molar-refractivity contribution in [3.8, 4) is 0 Å². The van der Waals surface area contributed by atoms with Crippen molar-refractivity contribution in [1.29, 1.82) is 0 Å². The third kappa shape index (κ3) is 3.86. The molecule has 0 saturated carbocycles. The summed E-state index contributed by atoms with van der Waals surface area (Å²) in [6, 6.07) is 2.21. The molecule has 2 aliphatic heterocycles. The van der Waals surface area contributed by atoms with Crippen molar-refractivity contribution in [2.75, 3.05) is 32.4 Å². The van der Waals surface area contributed by atoms with Crippen molar-refractivity contribution in [1.82, 2.24) is 9.21 Å². The molecule has 2 saturated heterocycles.